The van der Waals surface area contributed by atoms with Gasteiger partial charge >= 0.3 is 0 Å². The van der Waals surface area contributed by atoms with Crippen molar-refractivity contribution in [3.8, 4) is 0 Å². The standard InChI is InChI=1S/C16H14N4O6S2.C6H7NO3S/c17-9-1-5-15(16(7-9)28(24,25)26)20-19-14-6-4-13(18)11-3-2-10(8-12(11)14)27(21,22)23;7-5-1-3-6(4-2-5)11(8,9)10/h1-8H,17-18H2,(H,21,22,23)(H,24,25,26);1-4H,7H2,(H,8,9,10). The molecule has 0 spiro atoms. The van der Waals surface area contributed by atoms with E-state index >= 15 is 0 Å². The normalized spacial score (nSPS) is 12.3. The number of nitrogens with two attached hydrogens (primary N) is 3. The molecule has 0 atom stereocenters. The lowest BCUT2D eigenvalue weighted by atomic mass is 10.1. The molecule has 0 aliphatic carbocycles. The third-order valence-electron chi connectivity index (χ3n) is 5.00. The van der Waals surface area contributed by atoms with Gasteiger partial charge in [0.2, 0.25) is 0 Å². The SMILES string of the molecule is Nc1ccc(N=Nc2ccc(N)c3ccc(S(=O)(=O)O)cc23)c(S(=O)(=O)O)c1.Nc1ccc(S(=O)(=O)O)cc1. The van der Waals surface area contributed by atoms with Gasteiger partial charge in [-0.1, -0.05) is 6.07 Å². The van der Waals surface area contributed by atoms with Gasteiger partial charge in [0, 0.05) is 27.8 Å². The van der Waals surface area contributed by atoms with E-state index in [0.717, 1.165) is 6.07 Å². The average Bonchev–Trinajstić information content (AvgIpc) is 2.83. The minimum Gasteiger partial charge on any atom is -0.399 e. The zero-order valence-electron chi connectivity index (χ0n) is 19.6. The van der Waals surface area contributed by atoms with E-state index in [0.29, 0.717) is 16.8 Å². The van der Waals surface area contributed by atoms with Crippen molar-refractivity contribution in [3.63, 3.8) is 0 Å². The molecule has 39 heavy (non-hydrogen) atoms. The maximum absolute atomic E-state index is 11.5. The summed E-state index contributed by atoms with van der Waals surface area (Å²) in [6.07, 6.45) is 0. The van der Waals surface area contributed by atoms with E-state index in [9.17, 15) is 34.4 Å². The highest BCUT2D eigenvalue weighted by Crippen LogP contribution is 2.34. The molecule has 0 aliphatic heterocycles. The Balaban J connectivity index is 0.000000320. The Bertz CT molecular complexity index is 1910. The summed E-state index contributed by atoms with van der Waals surface area (Å²) in [7, 11) is -13.1. The molecular formula is C22H21N5O9S3. The number of azo groups is 1. The van der Waals surface area contributed by atoms with Crippen LogP contribution in [0.2, 0.25) is 0 Å². The molecule has 9 N–H and O–H groups in total. The largest absolute Gasteiger partial charge is 0.399 e. The van der Waals surface area contributed by atoms with Crippen LogP contribution in [0.15, 0.2) is 97.7 Å². The number of anilines is 3. The smallest absolute Gasteiger partial charge is 0.296 e. The first kappa shape index (κ1) is 29.4. The topological polar surface area (TPSA) is 266 Å². The van der Waals surface area contributed by atoms with Gasteiger partial charge in [0.05, 0.1) is 15.5 Å². The molecule has 17 heteroatoms. The van der Waals surface area contributed by atoms with Crippen molar-refractivity contribution in [2.24, 2.45) is 10.2 Å². The molecule has 4 rings (SSSR count). The highest BCUT2D eigenvalue weighted by atomic mass is 32.2. The van der Waals surface area contributed by atoms with Crippen LogP contribution in [0.25, 0.3) is 10.8 Å². The number of benzene rings is 4. The third kappa shape index (κ3) is 7.47. The monoisotopic (exact) mass is 595 g/mol. The number of hydrogen-bond donors (Lipinski definition) is 6. The molecule has 0 radical (unpaired) electrons. The van der Waals surface area contributed by atoms with Gasteiger partial charge in [0.15, 0.2) is 0 Å². The fourth-order valence-corrected chi connectivity index (χ4v) is 4.80. The Hall–Kier alpha value is -4.13. The molecule has 0 aliphatic rings. The summed E-state index contributed by atoms with van der Waals surface area (Å²) in [6.45, 7) is 0. The second-order valence-electron chi connectivity index (χ2n) is 7.80. The van der Waals surface area contributed by atoms with E-state index in [1.807, 2.05) is 0 Å². The number of fused-ring (bicyclic) bond motifs is 1. The van der Waals surface area contributed by atoms with Crippen LogP contribution in [-0.4, -0.2) is 38.9 Å². The second-order valence-corrected chi connectivity index (χ2v) is 12.0. The molecule has 14 nitrogen and oxygen atoms in total. The zero-order chi connectivity index (χ0) is 29.2. The first-order valence-electron chi connectivity index (χ1n) is 10.4. The minimum absolute atomic E-state index is 0.0994. The van der Waals surface area contributed by atoms with Crippen LogP contribution in [0.4, 0.5) is 28.4 Å². The summed E-state index contributed by atoms with van der Waals surface area (Å²) in [5, 5.41) is 8.50. The number of rotatable bonds is 5. The number of nitrogen functional groups attached to an aromatic ring is 3. The Labute approximate surface area is 223 Å². The summed E-state index contributed by atoms with van der Waals surface area (Å²) < 4.78 is 93.8. The quantitative estimate of drug-likeness (QED) is 0.110. The minimum atomic E-state index is -4.60. The van der Waals surface area contributed by atoms with Crippen molar-refractivity contribution in [2.45, 2.75) is 14.7 Å². The molecule has 0 bridgehead atoms. The number of hydrogen-bond acceptors (Lipinski definition) is 11. The van der Waals surface area contributed by atoms with Crippen LogP contribution in [0.1, 0.15) is 0 Å². The summed E-state index contributed by atoms with van der Waals surface area (Å²) in [4.78, 5) is -1.05. The predicted molar refractivity (Wildman–Crippen MR) is 144 cm³/mol. The molecule has 0 fully saturated rings. The molecule has 0 heterocycles. The molecule has 206 valence electrons. The fraction of sp³-hybridized carbons (Fsp3) is 0. The Morgan fingerprint density at radius 1 is 0.513 bits per heavy atom. The highest BCUT2D eigenvalue weighted by molar-refractivity contribution is 7.86. The molecule has 0 saturated heterocycles. The molecule has 0 aromatic heterocycles. The van der Waals surface area contributed by atoms with Crippen LogP contribution in [0.3, 0.4) is 0 Å². The van der Waals surface area contributed by atoms with Gasteiger partial charge in [0.1, 0.15) is 10.6 Å². The number of nitrogens with zero attached hydrogens (tertiary/aromatic N) is 2. The van der Waals surface area contributed by atoms with Crippen LogP contribution in [0, 0.1) is 0 Å². The second kappa shape index (κ2) is 10.9. The van der Waals surface area contributed by atoms with E-state index in [1.54, 1.807) is 0 Å². The zero-order valence-corrected chi connectivity index (χ0v) is 22.0. The van der Waals surface area contributed by atoms with Crippen molar-refractivity contribution in [2.75, 3.05) is 17.2 Å². The summed E-state index contributed by atoms with van der Waals surface area (Å²) in [5.74, 6) is 0. The van der Waals surface area contributed by atoms with Gasteiger partial charge in [-0.2, -0.15) is 25.3 Å². The first-order valence-corrected chi connectivity index (χ1v) is 14.7. The van der Waals surface area contributed by atoms with Crippen LogP contribution in [0.5, 0.6) is 0 Å². The van der Waals surface area contributed by atoms with Crippen molar-refractivity contribution >= 4 is 69.6 Å². The molecule has 4 aromatic carbocycles. The van der Waals surface area contributed by atoms with Crippen molar-refractivity contribution in [1.82, 2.24) is 0 Å². The molecule has 0 amide bonds. The summed E-state index contributed by atoms with van der Waals surface area (Å²) >= 11 is 0. The van der Waals surface area contributed by atoms with E-state index in [-0.39, 0.29) is 32.2 Å². The van der Waals surface area contributed by atoms with Gasteiger partial charge in [-0.3, -0.25) is 13.7 Å². The average molecular weight is 596 g/mol. The van der Waals surface area contributed by atoms with Crippen molar-refractivity contribution in [3.05, 3.63) is 72.8 Å². The van der Waals surface area contributed by atoms with E-state index in [1.165, 1.54) is 66.7 Å². The Morgan fingerprint density at radius 2 is 1.03 bits per heavy atom. The lowest BCUT2D eigenvalue weighted by molar-refractivity contribution is 0.481. The van der Waals surface area contributed by atoms with Crippen LogP contribution >= 0.6 is 0 Å². The summed E-state index contributed by atoms with van der Waals surface area (Å²) in [5.41, 5.74) is 17.6. The van der Waals surface area contributed by atoms with E-state index in [2.05, 4.69) is 10.2 Å². The van der Waals surface area contributed by atoms with E-state index < -0.39 is 35.2 Å². The molecule has 4 aromatic rings. The third-order valence-corrected chi connectivity index (χ3v) is 7.60. The van der Waals surface area contributed by atoms with E-state index in [4.69, 9.17) is 21.8 Å². The van der Waals surface area contributed by atoms with Crippen LogP contribution in [-0.2, 0) is 30.4 Å². The highest BCUT2D eigenvalue weighted by Gasteiger charge is 2.17. The molecule has 0 saturated carbocycles. The van der Waals surface area contributed by atoms with Gasteiger partial charge < -0.3 is 17.2 Å². The van der Waals surface area contributed by atoms with Gasteiger partial charge in [-0.05, 0) is 66.7 Å². The van der Waals surface area contributed by atoms with Gasteiger partial charge in [-0.15, -0.1) is 10.2 Å². The van der Waals surface area contributed by atoms with Gasteiger partial charge in [-0.25, -0.2) is 0 Å². The fourth-order valence-electron chi connectivity index (χ4n) is 3.15. The summed E-state index contributed by atoms with van der Waals surface area (Å²) in [6, 6.07) is 15.7. The molecule has 0 unspecified atom stereocenters. The Morgan fingerprint density at radius 3 is 1.59 bits per heavy atom. The maximum atomic E-state index is 11.5. The molecular weight excluding hydrogens is 574 g/mol. The maximum Gasteiger partial charge on any atom is 0.296 e. The van der Waals surface area contributed by atoms with Crippen LogP contribution < -0.4 is 17.2 Å². The lowest BCUT2D eigenvalue weighted by Crippen LogP contribution is -1.99. The predicted octanol–water partition coefficient (Wildman–Crippen LogP) is 3.43. The van der Waals surface area contributed by atoms with Crippen molar-refractivity contribution in [1.29, 1.82) is 0 Å². The van der Waals surface area contributed by atoms with Gasteiger partial charge in [0.25, 0.3) is 30.4 Å². The Kier molecular flexibility index (Phi) is 8.24. The first-order chi connectivity index (χ1) is 18.0. The lowest BCUT2D eigenvalue weighted by Gasteiger charge is -2.07. The van der Waals surface area contributed by atoms with Crippen molar-refractivity contribution < 1.29 is 38.9 Å².